The van der Waals surface area contributed by atoms with Crippen LogP contribution in [0.5, 0.6) is 0 Å². The first-order valence-corrected chi connectivity index (χ1v) is 15.3. The minimum atomic E-state index is -1.34. The van der Waals surface area contributed by atoms with Gasteiger partial charge in [0.15, 0.2) is 0 Å². The van der Waals surface area contributed by atoms with Gasteiger partial charge in [0.05, 0.1) is 30.9 Å². The number of allylic oxidation sites excluding steroid dienone is 1. The number of hydroxylamine groups is 2. The molecule has 0 radical (unpaired) electrons. The molecule has 0 aromatic heterocycles. The molecule has 3 fully saturated rings. The van der Waals surface area contributed by atoms with Crippen LogP contribution in [0.25, 0.3) is 0 Å². The number of nitrogens with zero attached hydrogens (tertiary/aromatic N) is 1. The lowest BCUT2D eigenvalue weighted by Crippen LogP contribution is -2.56. The van der Waals surface area contributed by atoms with Crippen LogP contribution in [0.1, 0.15) is 44.1 Å². The van der Waals surface area contributed by atoms with E-state index in [1.54, 1.807) is 0 Å². The summed E-state index contributed by atoms with van der Waals surface area (Å²) in [5.74, 6) is 3.76. The van der Waals surface area contributed by atoms with E-state index in [4.69, 9.17) is 14.3 Å². The van der Waals surface area contributed by atoms with Gasteiger partial charge >= 0.3 is 0 Å². The summed E-state index contributed by atoms with van der Waals surface area (Å²) in [4.78, 5) is 6.55. The second-order valence-corrected chi connectivity index (χ2v) is 15.0. The maximum Gasteiger partial charge on any atom is 0.147 e. The standard InChI is InChI=1S/C26H37NO3Si/c1-31(2,3)18-8-7-14-24-25-15-10-17-26(24)16-9-13-23(27(26)30-25)20-29-21-28-19-22-11-5-4-6-12-22/h4-7,11-12,14,23-25H,9-10,13,15-17,19-21H2,1-3H3/b14-7-/t23-,24?,25?,26?/m0/s1. The number of fused-ring (bicyclic) bond motifs is 1. The van der Waals surface area contributed by atoms with Crippen molar-refractivity contribution in [3.63, 3.8) is 0 Å². The third-order valence-electron chi connectivity index (χ3n) is 6.71. The molecule has 2 bridgehead atoms. The van der Waals surface area contributed by atoms with Gasteiger partial charge in [-0.1, -0.05) is 62.0 Å². The molecule has 3 unspecified atom stereocenters. The Labute approximate surface area is 188 Å². The van der Waals surface area contributed by atoms with Crippen LogP contribution in [0, 0.1) is 17.4 Å². The molecule has 4 rings (SSSR count). The van der Waals surface area contributed by atoms with Crippen LogP contribution in [0.2, 0.25) is 19.6 Å². The minimum Gasteiger partial charge on any atom is -0.354 e. The molecule has 2 saturated heterocycles. The fourth-order valence-corrected chi connectivity index (χ4v) is 5.90. The Hall–Kier alpha value is -1.42. The van der Waals surface area contributed by atoms with Crippen molar-refractivity contribution in [1.82, 2.24) is 5.06 Å². The SMILES string of the molecule is C[Si](C)(C)C#C/C=C\C1C2CCCC13CCC[C@@H](COCOCc1ccccc1)N3O2. The van der Waals surface area contributed by atoms with Crippen LogP contribution in [-0.4, -0.2) is 44.2 Å². The van der Waals surface area contributed by atoms with Crippen molar-refractivity contribution in [3.8, 4) is 11.5 Å². The highest BCUT2D eigenvalue weighted by molar-refractivity contribution is 6.83. The summed E-state index contributed by atoms with van der Waals surface area (Å²) in [6.07, 6.45) is 11.9. The van der Waals surface area contributed by atoms with Crippen LogP contribution in [-0.2, 0) is 20.9 Å². The lowest BCUT2D eigenvalue weighted by Gasteiger charge is -2.47. The van der Waals surface area contributed by atoms with E-state index in [1.165, 1.54) is 31.2 Å². The second-order valence-electron chi connectivity index (χ2n) is 10.2. The van der Waals surface area contributed by atoms with Crippen molar-refractivity contribution < 1.29 is 14.3 Å². The number of benzene rings is 1. The largest absolute Gasteiger partial charge is 0.354 e. The van der Waals surface area contributed by atoms with Gasteiger partial charge in [-0.05, 0) is 50.2 Å². The molecule has 168 valence electrons. The van der Waals surface area contributed by atoms with E-state index in [1.807, 2.05) is 18.2 Å². The van der Waals surface area contributed by atoms with Crippen LogP contribution < -0.4 is 0 Å². The van der Waals surface area contributed by atoms with Crippen molar-refractivity contribution >= 4 is 8.07 Å². The third kappa shape index (κ3) is 5.50. The zero-order valence-electron chi connectivity index (χ0n) is 19.3. The predicted octanol–water partition coefficient (Wildman–Crippen LogP) is 5.32. The van der Waals surface area contributed by atoms with Gasteiger partial charge in [0, 0.05) is 5.92 Å². The molecular formula is C26H37NO3Si. The molecule has 0 N–H and O–H groups in total. The molecule has 1 aromatic rings. The number of hydrogen-bond acceptors (Lipinski definition) is 4. The van der Waals surface area contributed by atoms with Gasteiger partial charge in [0.25, 0.3) is 0 Å². The molecule has 2 aliphatic heterocycles. The van der Waals surface area contributed by atoms with Crippen LogP contribution in [0.15, 0.2) is 42.5 Å². The first-order chi connectivity index (χ1) is 15.0. The van der Waals surface area contributed by atoms with E-state index >= 15 is 0 Å². The van der Waals surface area contributed by atoms with Crippen molar-refractivity contribution in [2.45, 2.75) is 82.5 Å². The number of piperidine rings is 1. The van der Waals surface area contributed by atoms with Gasteiger partial charge in [0.1, 0.15) is 14.9 Å². The molecule has 2 heterocycles. The molecule has 1 aliphatic carbocycles. The van der Waals surface area contributed by atoms with Gasteiger partial charge in [-0.2, -0.15) is 5.06 Å². The lowest BCUT2D eigenvalue weighted by molar-refractivity contribution is -0.235. The summed E-state index contributed by atoms with van der Waals surface area (Å²) in [6.45, 7) is 8.44. The Morgan fingerprint density at radius 3 is 2.68 bits per heavy atom. The van der Waals surface area contributed by atoms with E-state index in [0.717, 1.165) is 12.8 Å². The molecule has 0 amide bonds. The topological polar surface area (TPSA) is 30.9 Å². The second kappa shape index (κ2) is 10.0. The van der Waals surface area contributed by atoms with Gasteiger partial charge in [-0.3, -0.25) is 4.84 Å². The van der Waals surface area contributed by atoms with Crippen molar-refractivity contribution in [1.29, 1.82) is 0 Å². The zero-order chi connectivity index (χ0) is 21.7. The minimum absolute atomic E-state index is 0.122. The van der Waals surface area contributed by atoms with Crippen LogP contribution in [0.3, 0.4) is 0 Å². The number of ether oxygens (including phenoxy) is 2. The highest BCUT2D eigenvalue weighted by atomic mass is 28.3. The maximum atomic E-state index is 6.55. The molecule has 1 spiro atoms. The predicted molar refractivity (Wildman–Crippen MR) is 127 cm³/mol. The van der Waals surface area contributed by atoms with E-state index in [9.17, 15) is 0 Å². The number of hydrogen-bond donors (Lipinski definition) is 0. The van der Waals surface area contributed by atoms with Crippen LogP contribution in [0.4, 0.5) is 0 Å². The molecule has 4 nitrogen and oxygen atoms in total. The third-order valence-corrected chi connectivity index (χ3v) is 7.60. The van der Waals surface area contributed by atoms with Gasteiger partial charge < -0.3 is 9.47 Å². The fourth-order valence-electron chi connectivity index (χ4n) is 5.38. The Balaban J connectivity index is 1.34. The van der Waals surface area contributed by atoms with Gasteiger partial charge in [0.2, 0.25) is 0 Å². The molecule has 3 aliphatic rings. The van der Waals surface area contributed by atoms with Gasteiger partial charge in [-0.15, -0.1) is 5.54 Å². The molecular weight excluding hydrogens is 402 g/mol. The average Bonchev–Trinajstić information content (AvgIpc) is 2.91. The quantitative estimate of drug-likeness (QED) is 0.249. The first kappa shape index (κ1) is 22.8. The summed E-state index contributed by atoms with van der Waals surface area (Å²) in [5, 5.41) is 2.34. The van der Waals surface area contributed by atoms with Crippen molar-refractivity contribution in [3.05, 3.63) is 48.0 Å². The van der Waals surface area contributed by atoms with Crippen molar-refractivity contribution in [2.24, 2.45) is 5.92 Å². The smallest absolute Gasteiger partial charge is 0.147 e. The van der Waals surface area contributed by atoms with Crippen LogP contribution >= 0.6 is 0 Å². The van der Waals surface area contributed by atoms with Crippen molar-refractivity contribution in [2.75, 3.05) is 13.4 Å². The highest BCUT2D eigenvalue weighted by Crippen LogP contribution is 2.53. The first-order valence-electron chi connectivity index (χ1n) is 11.8. The zero-order valence-corrected chi connectivity index (χ0v) is 20.3. The monoisotopic (exact) mass is 439 g/mol. The summed E-state index contributed by atoms with van der Waals surface area (Å²) in [5.41, 5.74) is 4.75. The van der Waals surface area contributed by atoms with E-state index in [0.29, 0.717) is 32.0 Å². The Bertz CT molecular complexity index is 805. The normalized spacial score (nSPS) is 30.7. The summed E-state index contributed by atoms with van der Waals surface area (Å²) < 4.78 is 11.7. The Kier molecular flexibility index (Phi) is 7.35. The molecule has 5 heteroatoms. The summed E-state index contributed by atoms with van der Waals surface area (Å²) in [6, 6.07) is 10.5. The van der Waals surface area contributed by atoms with E-state index < -0.39 is 8.07 Å². The van der Waals surface area contributed by atoms with E-state index in [-0.39, 0.29) is 11.6 Å². The molecule has 1 aromatic carbocycles. The Morgan fingerprint density at radius 1 is 1.13 bits per heavy atom. The average molecular weight is 440 g/mol. The lowest BCUT2D eigenvalue weighted by atomic mass is 9.67. The molecule has 31 heavy (non-hydrogen) atoms. The Morgan fingerprint density at radius 2 is 1.90 bits per heavy atom. The maximum absolute atomic E-state index is 6.55. The van der Waals surface area contributed by atoms with Gasteiger partial charge in [-0.25, -0.2) is 0 Å². The van der Waals surface area contributed by atoms with E-state index in [2.05, 4.69) is 60.5 Å². The number of rotatable bonds is 7. The molecule has 1 saturated carbocycles. The summed E-state index contributed by atoms with van der Waals surface area (Å²) in [7, 11) is -1.34. The molecule has 4 atom stereocenters. The highest BCUT2D eigenvalue weighted by Gasteiger charge is 2.59. The fraction of sp³-hybridized carbons (Fsp3) is 0.615. The summed E-state index contributed by atoms with van der Waals surface area (Å²) >= 11 is 0.